The minimum Gasteiger partial charge on any atom is -0.342 e. The van der Waals surface area contributed by atoms with Crippen LogP contribution in [-0.2, 0) is 4.79 Å². The Hall–Kier alpha value is -1.37. The molecule has 2 bridgehead atoms. The first-order valence-electron chi connectivity index (χ1n) is 7.84. The fourth-order valence-electron chi connectivity index (χ4n) is 3.42. The maximum Gasteiger partial charge on any atom is 0.270 e. The number of aromatic nitrogens is 1. The number of fused-ring (bicyclic) bond motifs is 2. The Kier molecular flexibility index (Phi) is 7.93. The molecule has 0 spiro atoms. The van der Waals surface area contributed by atoms with Gasteiger partial charge in [0.1, 0.15) is 5.69 Å². The molecule has 0 radical (unpaired) electrons. The molecule has 3 rings (SSSR count). The van der Waals surface area contributed by atoms with Gasteiger partial charge in [-0.3, -0.25) is 14.6 Å². The van der Waals surface area contributed by atoms with Gasteiger partial charge in [0.15, 0.2) is 0 Å². The van der Waals surface area contributed by atoms with Crippen molar-refractivity contribution in [2.24, 2.45) is 0 Å². The molecule has 1 aromatic heterocycles. The number of hydrogen-bond donors (Lipinski definition) is 2. The molecule has 0 aromatic carbocycles. The van der Waals surface area contributed by atoms with Crippen LogP contribution in [0.3, 0.4) is 0 Å². The number of carbonyl (C=O) groups excluding carboxylic acids is 2. The number of nitrogens with zero attached hydrogens (tertiary/aromatic N) is 2. The third kappa shape index (κ3) is 4.82. The van der Waals surface area contributed by atoms with Crippen LogP contribution in [0.15, 0.2) is 24.4 Å². The summed E-state index contributed by atoms with van der Waals surface area (Å²) in [5.74, 6) is -0.358. The lowest BCUT2D eigenvalue weighted by atomic mass is 9.98. The topological polar surface area (TPSA) is 74.3 Å². The molecule has 3 heterocycles. The first-order valence-corrected chi connectivity index (χ1v) is 7.84. The second kappa shape index (κ2) is 9.20. The predicted octanol–water partition coefficient (Wildman–Crippen LogP) is 1.40. The van der Waals surface area contributed by atoms with E-state index in [9.17, 15) is 9.59 Å². The van der Waals surface area contributed by atoms with Crippen molar-refractivity contribution in [1.82, 2.24) is 20.5 Å². The van der Waals surface area contributed by atoms with Gasteiger partial charge in [0.2, 0.25) is 5.91 Å². The third-order valence-corrected chi connectivity index (χ3v) is 4.69. The second-order valence-electron chi connectivity index (χ2n) is 6.17. The van der Waals surface area contributed by atoms with Gasteiger partial charge in [0, 0.05) is 31.4 Å². The van der Waals surface area contributed by atoms with Gasteiger partial charge in [-0.1, -0.05) is 6.07 Å². The smallest absolute Gasteiger partial charge is 0.270 e. The van der Waals surface area contributed by atoms with Crippen molar-refractivity contribution >= 4 is 36.6 Å². The van der Waals surface area contributed by atoms with E-state index in [2.05, 4.69) is 15.6 Å². The molecular formula is C16H24Cl2N4O2. The Labute approximate surface area is 154 Å². The third-order valence-electron chi connectivity index (χ3n) is 4.69. The summed E-state index contributed by atoms with van der Waals surface area (Å²) in [6, 6.07) is 6.50. The quantitative estimate of drug-likeness (QED) is 0.834. The van der Waals surface area contributed by atoms with Crippen molar-refractivity contribution < 1.29 is 9.59 Å². The van der Waals surface area contributed by atoms with Gasteiger partial charge in [-0.25, -0.2) is 0 Å². The Bertz CT molecular complexity index is 546. The highest BCUT2D eigenvalue weighted by Gasteiger charge is 2.36. The Morgan fingerprint density at radius 2 is 1.92 bits per heavy atom. The van der Waals surface area contributed by atoms with Gasteiger partial charge in [-0.05, 0) is 37.8 Å². The van der Waals surface area contributed by atoms with Crippen LogP contribution in [0.25, 0.3) is 0 Å². The van der Waals surface area contributed by atoms with E-state index in [-0.39, 0.29) is 49.2 Å². The maximum atomic E-state index is 12.3. The minimum atomic E-state index is -0.312. The average molecular weight is 375 g/mol. The number of piperidine rings is 1. The van der Waals surface area contributed by atoms with Crippen LogP contribution in [0.5, 0.6) is 0 Å². The molecule has 2 amide bonds. The minimum absolute atomic E-state index is 0. The van der Waals surface area contributed by atoms with E-state index in [0.717, 1.165) is 12.8 Å². The van der Waals surface area contributed by atoms with Crippen LogP contribution < -0.4 is 10.6 Å². The zero-order valence-electron chi connectivity index (χ0n) is 13.6. The van der Waals surface area contributed by atoms with E-state index < -0.39 is 0 Å². The largest absolute Gasteiger partial charge is 0.342 e. The van der Waals surface area contributed by atoms with E-state index in [1.807, 2.05) is 7.05 Å². The summed E-state index contributed by atoms with van der Waals surface area (Å²) in [7, 11) is 1.84. The molecule has 134 valence electrons. The number of pyridine rings is 1. The van der Waals surface area contributed by atoms with Crippen molar-refractivity contribution in [3.05, 3.63) is 30.1 Å². The lowest BCUT2D eigenvalue weighted by Gasteiger charge is -2.35. The number of halogens is 2. The van der Waals surface area contributed by atoms with Crippen molar-refractivity contribution in [2.75, 3.05) is 13.6 Å². The van der Waals surface area contributed by atoms with Crippen LogP contribution in [0, 0.1) is 0 Å². The number of carbonyl (C=O) groups is 2. The molecule has 2 saturated heterocycles. The number of likely N-dealkylation sites (N-methyl/N-ethyl adjacent to an activating group) is 1. The summed E-state index contributed by atoms with van der Waals surface area (Å²) < 4.78 is 0. The molecule has 2 fully saturated rings. The number of nitrogens with one attached hydrogen (secondary N) is 2. The summed E-state index contributed by atoms with van der Waals surface area (Å²) in [5.41, 5.74) is 0.331. The van der Waals surface area contributed by atoms with Crippen LogP contribution in [0.2, 0.25) is 0 Å². The standard InChI is InChI=1S/C16H22N4O2.2ClH/c1-20(13-8-11-5-6-12(9-13)19-11)15(21)10-18-16(22)14-4-2-3-7-17-14;;/h2-4,7,11-13,19H,5-6,8-10H2,1H3,(H,18,22);2*1H. The summed E-state index contributed by atoms with van der Waals surface area (Å²) in [6.07, 6.45) is 5.99. The lowest BCUT2D eigenvalue weighted by molar-refractivity contribution is -0.131. The Morgan fingerprint density at radius 3 is 2.50 bits per heavy atom. The first kappa shape index (κ1) is 20.7. The zero-order chi connectivity index (χ0) is 15.5. The molecule has 2 aliphatic heterocycles. The van der Waals surface area contributed by atoms with E-state index in [1.54, 1.807) is 29.3 Å². The van der Waals surface area contributed by atoms with Crippen molar-refractivity contribution in [2.45, 2.75) is 43.8 Å². The monoisotopic (exact) mass is 374 g/mol. The number of amides is 2. The van der Waals surface area contributed by atoms with E-state index in [0.29, 0.717) is 17.8 Å². The van der Waals surface area contributed by atoms with Gasteiger partial charge in [0.25, 0.3) is 5.91 Å². The fraction of sp³-hybridized carbons (Fsp3) is 0.562. The summed E-state index contributed by atoms with van der Waals surface area (Å²) in [5, 5.41) is 6.22. The first-order chi connectivity index (χ1) is 10.6. The highest BCUT2D eigenvalue weighted by Crippen LogP contribution is 2.29. The molecule has 6 nitrogen and oxygen atoms in total. The van der Waals surface area contributed by atoms with Crippen molar-refractivity contribution in [3.8, 4) is 0 Å². The van der Waals surface area contributed by atoms with E-state index in [4.69, 9.17) is 0 Å². The molecule has 8 heteroatoms. The zero-order valence-corrected chi connectivity index (χ0v) is 15.2. The maximum absolute atomic E-state index is 12.3. The molecule has 0 saturated carbocycles. The van der Waals surface area contributed by atoms with Crippen molar-refractivity contribution in [1.29, 1.82) is 0 Å². The second-order valence-corrected chi connectivity index (χ2v) is 6.17. The van der Waals surface area contributed by atoms with Crippen LogP contribution >= 0.6 is 24.8 Å². The summed E-state index contributed by atoms with van der Waals surface area (Å²) in [4.78, 5) is 30.0. The molecule has 0 aliphatic carbocycles. The van der Waals surface area contributed by atoms with Crippen LogP contribution in [0.1, 0.15) is 36.2 Å². The highest BCUT2D eigenvalue weighted by atomic mass is 35.5. The Balaban J connectivity index is 0.00000144. The average Bonchev–Trinajstić information content (AvgIpc) is 2.90. The predicted molar refractivity (Wildman–Crippen MR) is 96.8 cm³/mol. The number of hydrogen-bond acceptors (Lipinski definition) is 4. The van der Waals surface area contributed by atoms with Gasteiger partial charge in [-0.2, -0.15) is 0 Å². The highest BCUT2D eigenvalue weighted by molar-refractivity contribution is 5.94. The molecule has 1 aromatic rings. The van der Waals surface area contributed by atoms with Gasteiger partial charge >= 0.3 is 0 Å². The van der Waals surface area contributed by atoms with Crippen molar-refractivity contribution in [3.63, 3.8) is 0 Å². The molecule has 2 aliphatic rings. The van der Waals surface area contributed by atoms with Crippen LogP contribution in [0.4, 0.5) is 0 Å². The van der Waals surface area contributed by atoms with Gasteiger partial charge < -0.3 is 15.5 Å². The molecule has 2 N–H and O–H groups in total. The summed E-state index contributed by atoms with van der Waals surface area (Å²) in [6.45, 7) is 0.0190. The van der Waals surface area contributed by atoms with Crippen LogP contribution in [-0.4, -0.2) is 53.4 Å². The summed E-state index contributed by atoms with van der Waals surface area (Å²) >= 11 is 0. The van der Waals surface area contributed by atoms with Gasteiger partial charge in [0.05, 0.1) is 6.54 Å². The SMILES string of the molecule is CN(C(=O)CNC(=O)c1ccccn1)C1CC2CCC(C1)N2.Cl.Cl. The molecule has 2 unspecified atom stereocenters. The normalized spacial score (nSPS) is 24.3. The lowest BCUT2D eigenvalue weighted by Crippen LogP contribution is -2.50. The fourth-order valence-corrected chi connectivity index (χ4v) is 3.42. The van der Waals surface area contributed by atoms with E-state index in [1.165, 1.54) is 12.8 Å². The molecular weight excluding hydrogens is 351 g/mol. The van der Waals surface area contributed by atoms with Gasteiger partial charge in [-0.15, -0.1) is 24.8 Å². The van der Waals surface area contributed by atoms with E-state index >= 15 is 0 Å². The molecule has 2 atom stereocenters. The number of rotatable bonds is 4. The Morgan fingerprint density at radius 1 is 1.25 bits per heavy atom. The molecule has 24 heavy (non-hydrogen) atoms.